The van der Waals surface area contributed by atoms with E-state index in [0.29, 0.717) is 5.56 Å². The lowest BCUT2D eigenvalue weighted by Crippen LogP contribution is -1.94. The molecule has 0 saturated heterocycles. The molecule has 0 unspecified atom stereocenters. The Balaban J connectivity index is 0.000000980. The van der Waals surface area contributed by atoms with E-state index < -0.39 is 0 Å². The van der Waals surface area contributed by atoms with E-state index >= 15 is 0 Å². The normalized spacial score (nSPS) is 9.46. The molecule has 0 aliphatic heterocycles. The van der Waals surface area contributed by atoms with E-state index in [1.807, 2.05) is 12.1 Å². The van der Waals surface area contributed by atoms with E-state index in [4.69, 9.17) is 5.26 Å². The minimum atomic E-state index is 0. The number of nitriles is 1. The molecule has 1 heterocycles. The first-order chi connectivity index (χ1) is 6.40. The minimum Gasteiger partial charge on any atom is -0.221 e. The van der Waals surface area contributed by atoms with E-state index in [1.54, 1.807) is 29.2 Å². The lowest BCUT2D eigenvalue weighted by atomic mass is 10.2. The molecule has 0 atom stereocenters. The predicted molar refractivity (Wildman–Crippen MR) is 47.2 cm³/mol. The molecule has 1 radical (unpaired) electrons. The fourth-order valence-electron chi connectivity index (χ4n) is 1.03. The molecular weight excluding hydrogens is 164 g/mol. The van der Waals surface area contributed by atoms with E-state index in [2.05, 4.69) is 16.4 Å². The topological polar surface area (TPSA) is 54.5 Å². The van der Waals surface area contributed by atoms with Gasteiger partial charge in [-0.2, -0.15) is 5.26 Å². The van der Waals surface area contributed by atoms with Crippen molar-refractivity contribution in [3.05, 3.63) is 42.2 Å². The molecular formula is C9H7N4. The fraction of sp³-hybridized carbons (Fsp3) is 0. The van der Waals surface area contributed by atoms with Crippen LogP contribution in [0.25, 0.3) is 5.69 Å². The molecule has 0 aliphatic carbocycles. The Hall–Kier alpha value is -2.15. The summed E-state index contributed by atoms with van der Waals surface area (Å²) in [6.07, 6.45) is 3.36. The molecule has 4 nitrogen and oxygen atoms in total. The van der Waals surface area contributed by atoms with Crippen molar-refractivity contribution >= 4 is 0 Å². The largest absolute Gasteiger partial charge is 0.221 e. The van der Waals surface area contributed by atoms with Gasteiger partial charge in [-0.1, -0.05) is 5.21 Å². The fourth-order valence-corrected chi connectivity index (χ4v) is 1.03. The highest BCUT2D eigenvalue weighted by Crippen LogP contribution is 2.06. The van der Waals surface area contributed by atoms with Gasteiger partial charge >= 0.3 is 0 Å². The number of hydrogen-bond donors (Lipinski definition) is 0. The highest BCUT2D eigenvalue weighted by atomic mass is 15.4. The van der Waals surface area contributed by atoms with Gasteiger partial charge in [0, 0.05) is 1.43 Å². The van der Waals surface area contributed by atoms with Crippen LogP contribution in [0.15, 0.2) is 36.7 Å². The van der Waals surface area contributed by atoms with Crippen LogP contribution in [-0.4, -0.2) is 15.0 Å². The molecule has 63 valence electrons. The third-order valence-corrected chi connectivity index (χ3v) is 1.68. The lowest BCUT2D eigenvalue weighted by molar-refractivity contribution is 0.803. The Labute approximate surface area is 76.5 Å². The summed E-state index contributed by atoms with van der Waals surface area (Å²) in [4.78, 5) is 0. The Bertz CT molecular complexity index is 427. The molecule has 0 aliphatic rings. The quantitative estimate of drug-likeness (QED) is 0.650. The number of hydrogen-bond acceptors (Lipinski definition) is 3. The molecule has 0 saturated carbocycles. The minimum absolute atomic E-state index is 0. The van der Waals surface area contributed by atoms with Gasteiger partial charge < -0.3 is 0 Å². The zero-order valence-corrected chi connectivity index (χ0v) is 6.75. The number of aromatic nitrogens is 3. The van der Waals surface area contributed by atoms with Crippen LogP contribution in [0.5, 0.6) is 0 Å². The van der Waals surface area contributed by atoms with Crippen LogP contribution in [0.4, 0.5) is 0 Å². The summed E-state index contributed by atoms with van der Waals surface area (Å²) >= 11 is 0. The third-order valence-electron chi connectivity index (χ3n) is 1.68. The zero-order chi connectivity index (χ0) is 9.10. The van der Waals surface area contributed by atoms with E-state index in [1.165, 1.54) is 0 Å². The summed E-state index contributed by atoms with van der Waals surface area (Å²) in [5, 5.41) is 16.1. The van der Waals surface area contributed by atoms with Crippen LogP contribution in [0, 0.1) is 11.3 Å². The van der Waals surface area contributed by atoms with E-state index in [0.717, 1.165) is 5.69 Å². The number of rotatable bonds is 1. The molecule has 0 spiro atoms. The molecule has 13 heavy (non-hydrogen) atoms. The van der Waals surface area contributed by atoms with Crippen molar-refractivity contribution in [1.29, 1.82) is 5.26 Å². The lowest BCUT2D eigenvalue weighted by Gasteiger charge is -1.97. The van der Waals surface area contributed by atoms with Gasteiger partial charge in [-0.25, -0.2) is 4.68 Å². The summed E-state index contributed by atoms with van der Waals surface area (Å²) in [6.45, 7) is 0. The van der Waals surface area contributed by atoms with Crippen LogP contribution < -0.4 is 0 Å². The first kappa shape index (κ1) is 7.50. The summed E-state index contributed by atoms with van der Waals surface area (Å²) in [5.74, 6) is 0. The molecule has 1 aromatic carbocycles. The molecule has 0 bridgehead atoms. The van der Waals surface area contributed by atoms with Gasteiger partial charge in [0.2, 0.25) is 0 Å². The number of nitrogens with zero attached hydrogens (tertiary/aromatic N) is 4. The Morgan fingerprint density at radius 2 is 2.08 bits per heavy atom. The van der Waals surface area contributed by atoms with Gasteiger partial charge in [0.25, 0.3) is 0 Å². The zero-order valence-electron chi connectivity index (χ0n) is 7.75. The van der Waals surface area contributed by atoms with Gasteiger partial charge in [-0.3, -0.25) is 0 Å². The summed E-state index contributed by atoms with van der Waals surface area (Å²) in [5.41, 5.74) is 1.54. The van der Waals surface area contributed by atoms with Gasteiger partial charge in [-0.15, -0.1) is 5.10 Å². The second-order valence-corrected chi connectivity index (χ2v) is 2.51. The molecule has 0 fully saturated rings. The summed E-state index contributed by atoms with van der Waals surface area (Å²) in [7, 11) is 0. The molecule has 2 rings (SSSR count). The Kier molecular flexibility index (Phi) is 1.77. The van der Waals surface area contributed by atoms with Crippen LogP contribution in [-0.2, 0) is 0 Å². The maximum atomic E-state index is 8.57. The maximum Gasteiger partial charge on any atom is 0.0991 e. The number of benzene rings is 1. The van der Waals surface area contributed by atoms with Crippen molar-refractivity contribution in [1.82, 2.24) is 15.0 Å². The first-order valence-corrected chi connectivity index (χ1v) is 3.77. The summed E-state index contributed by atoms with van der Waals surface area (Å²) < 4.78 is 1.64. The predicted octanol–water partition coefficient (Wildman–Crippen LogP) is 1.25. The standard InChI is InChI=1S/C9H6N4.H/c10-7-8-1-3-9(4-2-8)13-6-5-11-12-13;/h1-6H;/i;1+1. The van der Waals surface area contributed by atoms with Gasteiger partial charge in [-0.05, 0) is 24.3 Å². The van der Waals surface area contributed by atoms with Crippen molar-refractivity contribution in [2.75, 3.05) is 0 Å². The molecule has 0 amide bonds. The second kappa shape index (κ2) is 3.07. The monoisotopic (exact) mass is 172 g/mol. The van der Waals surface area contributed by atoms with Gasteiger partial charge in [0.05, 0.1) is 29.7 Å². The third kappa shape index (κ3) is 1.40. The van der Waals surface area contributed by atoms with Gasteiger partial charge in [0.15, 0.2) is 0 Å². The van der Waals surface area contributed by atoms with Crippen molar-refractivity contribution in [2.45, 2.75) is 0 Å². The van der Waals surface area contributed by atoms with E-state index in [9.17, 15) is 0 Å². The van der Waals surface area contributed by atoms with Crippen molar-refractivity contribution in [3.8, 4) is 11.8 Å². The second-order valence-electron chi connectivity index (χ2n) is 2.51. The van der Waals surface area contributed by atoms with Crippen LogP contribution in [0.1, 0.15) is 6.99 Å². The maximum absolute atomic E-state index is 8.57. The molecule has 4 heteroatoms. The smallest absolute Gasteiger partial charge is 0.0991 e. The average Bonchev–Trinajstić information content (AvgIpc) is 2.71. The van der Waals surface area contributed by atoms with Crippen LogP contribution in [0.2, 0.25) is 0 Å². The van der Waals surface area contributed by atoms with Crippen LogP contribution >= 0.6 is 0 Å². The first-order valence-electron chi connectivity index (χ1n) is 3.77. The summed E-state index contributed by atoms with van der Waals surface area (Å²) in [6, 6.07) is 9.20. The van der Waals surface area contributed by atoms with Crippen molar-refractivity contribution < 1.29 is 1.43 Å². The van der Waals surface area contributed by atoms with Gasteiger partial charge in [0.1, 0.15) is 0 Å². The SMILES string of the molecule is N#Cc1ccc(-n2ccnn2)cc1.[2H]. The highest BCUT2D eigenvalue weighted by molar-refractivity contribution is 5.38. The molecule has 2 aromatic rings. The average molecular weight is 172 g/mol. The Morgan fingerprint density at radius 1 is 1.31 bits per heavy atom. The van der Waals surface area contributed by atoms with E-state index in [-0.39, 0.29) is 1.43 Å². The van der Waals surface area contributed by atoms with Crippen molar-refractivity contribution in [2.24, 2.45) is 0 Å². The highest BCUT2D eigenvalue weighted by Gasteiger charge is 1.95. The van der Waals surface area contributed by atoms with Crippen LogP contribution in [0.3, 0.4) is 0 Å². The van der Waals surface area contributed by atoms with Crippen molar-refractivity contribution in [3.63, 3.8) is 0 Å². The molecule has 1 aromatic heterocycles. The Morgan fingerprint density at radius 3 is 2.62 bits per heavy atom. The molecule has 0 N–H and O–H groups in total.